The van der Waals surface area contributed by atoms with Crippen molar-refractivity contribution in [3.63, 3.8) is 0 Å². The summed E-state index contributed by atoms with van der Waals surface area (Å²) in [5.41, 5.74) is 6.97. The van der Waals surface area contributed by atoms with Crippen LogP contribution in [0.15, 0.2) is 23.1 Å². The zero-order valence-corrected chi connectivity index (χ0v) is 13.1. The number of anilines is 1. The Kier molecular flexibility index (Phi) is 4.70. The Bertz CT molecular complexity index is 549. The Morgan fingerprint density at radius 2 is 2.05 bits per heavy atom. The minimum absolute atomic E-state index is 0.287. The molecule has 1 heterocycles. The van der Waals surface area contributed by atoms with E-state index in [1.54, 1.807) is 29.4 Å². The second kappa shape index (κ2) is 6.14. The van der Waals surface area contributed by atoms with Crippen molar-refractivity contribution in [1.29, 1.82) is 0 Å². The van der Waals surface area contributed by atoms with E-state index in [4.69, 9.17) is 5.73 Å². The first-order valence-electron chi connectivity index (χ1n) is 7.32. The monoisotopic (exact) mass is 296 g/mol. The van der Waals surface area contributed by atoms with Crippen LogP contribution in [-0.4, -0.2) is 25.8 Å². The first-order chi connectivity index (χ1) is 9.46. The zero-order valence-electron chi connectivity index (χ0n) is 12.3. The van der Waals surface area contributed by atoms with Crippen molar-refractivity contribution in [3.8, 4) is 0 Å². The number of aryl methyl sites for hydroxylation is 1. The van der Waals surface area contributed by atoms with E-state index in [2.05, 4.69) is 6.92 Å². The molecule has 112 valence electrons. The van der Waals surface area contributed by atoms with Crippen LogP contribution in [0.4, 0.5) is 5.69 Å². The third kappa shape index (κ3) is 2.99. The number of sulfonamides is 1. The van der Waals surface area contributed by atoms with Crippen molar-refractivity contribution < 1.29 is 8.42 Å². The standard InChI is InChI=1S/C15H24N2O2S/c1-3-13-7-5-10-17(11-9-13)20(18,19)15-12(2)6-4-8-14(15)16/h4,6,8,13H,3,5,7,9-11,16H2,1-2H3. The van der Waals surface area contributed by atoms with Gasteiger partial charge in [-0.05, 0) is 43.7 Å². The molecular weight excluding hydrogens is 272 g/mol. The largest absolute Gasteiger partial charge is 0.398 e. The van der Waals surface area contributed by atoms with Crippen molar-refractivity contribution in [2.24, 2.45) is 5.92 Å². The number of hydrogen-bond donors (Lipinski definition) is 1. The van der Waals surface area contributed by atoms with E-state index in [0.29, 0.717) is 24.7 Å². The quantitative estimate of drug-likeness (QED) is 0.872. The van der Waals surface area contributed by atoms with Gasteiger partial charge < -0.3 is 5.73 Å². The predicted molar refractivity (Wildman–Crippen MR) is 82.0 cm³/mol. The molecule has 2 rings (SSSR count). The van der Waals surface area contributed by atoms with Gasteiger partial charge in [0.15, 0.2) is 0 Å². The molecule has 0 bridgehead atoms. The first-order valence-corrected chi connectivity index (χ1v) is 8.76. The van der Waals surface area contributed by atoms with Crippen molar-refractivity contribution >= 4 is 15.7 Å². The molecular formula is C15H24N2O2S. The highest BCUT2D eigenvalue weighted by molar-refractivity contribution is 7.89. The summed E-state index contributed by atoms with van der Waals surface area (Å²) in [6.45, 7) is 5.19. The topological polar surface area (TPSA) is 63.4 Å². The lowest BCUT2D eigenvalue weighted by Crippen LogP contribution is -2.33. The maximum absolute atomic E-state index is 12.8. The molecule has 4 nitrogen and oxygen atoms in total. The molecule has 0 aromatic heterocycles. The van der Waals surface area contributed by atoms with Crippen molar-refractivity contribution in [1.82, 2.24) is 4.31 Å². The van der Waals surface area contributed by atoms with Gasteiger partial charge in [0.25, 0.3) is 0 Å². The Balaban J connectivity index is 2.31. The van der Waals surface area contributed by atoms with Crippen LogP contribution < -0.4 is 5.73 Å². The summed E-state index contributed by atoms with van der Waals surface area (Å²) in [4.78, 5) is 0.287. The van der Waals surface area contributed by atoms with Crippen molar-refractivity contribution in [3.05, 3.63) is 23.8 Å². The third-order valence-electron chi connectivity index (χ3n) is 4.22. The molecule has 1 aromatic carbocycles. The first kappa shape index (κ1) is 15.3. The molecule has 2 N–H and O–H groups in total. The number of benzene rings is 1. The lowest BCUT2D eigenvalue weighted by atomic mass is 9.98. The Hall–Kier alpha value is -1.07. The second-order valence-corrected chi connectivity index (χ2v) is 7.48. The van der Waals surface area contributed by atoms with Gasteiger partial charge in [0.05, 0.1) is 5.69 Å². The number of hydrogen-bond acceptors (Lipinski definition) is 3. The average molecular weight is 296 g/mol. The molecule has 1 atom stereocenters. The normalized spacial score (nSPS) is 21.6. The van der Waals surface area contributed by atoms with Gasteiger partial charge in [0.1, 0.15) is 4.90 Å². The van der Waals surface area contributed by atoms with E-state index in [0.717, 1.165) is 31.2 Å². The van der Waals surface area contributed by atoms with E-state index in [1.807, 2.05) is 0 Å². The molecule has 0 saturated carbocycles. The molecule has 20 heavy (non-hydrogen) atoms. The smallest absolute Gasteiger partial charge is 0.245 e. The van der Waals surface area contributed by atoms with Gasteiger partial charge in [-0.1, -0.05) is 25.5 Å². The molecule has 1 fully saturated rings. The van der Waals surface area contributed by atoms with Gasteiger partial charge in [0, 0.05) is 13.1 Å². The summed E-state index contributed by atoms with van der Waals surface area (Å²) < 4.78 is 27.3. The van der Waals surface area contributed by atoms with Crippen molar-refractivity contribution in [2.75, 3.05) is 18.8 Å². The SMILES string of the molecule is CCC1CCCN(S(=O)(=O)c2c(C)cccc2N)CC1. The molecule has 1 aliphatic rings. The number of nitrogens with two attached hydrogens (primary N) is 1. The van der Waals surface area contributed by atoms with Gasteiger partial charge in [-0.2, -0.15) is 4.31 Å². The van der Waals surface area contributed by atoms with E-state index < -0.39 is 10.0 Å². The number of nitrogens with zero attached hydrogens (tertiary/aromatic N) is 1. The van der Waals surface area contributed by atoms with Crippen LogP contribution in [-0.2, 0) is 10.0 Å². The van der Waals surface area contributed by atoms with Crippen LogP contribution in [0.3, 0.4) is 0 Å². The van der Waals surface area contributed by atoms with Gasteiger partial charge in [-0.3, -0.25) is 0 Å². The van der Waals surface area contributed by atoms with E-state index >= 15 is 0 Å². The summed E-state index contributed by atoms with van der Waals surface area (Å²) in [6, 6.07) is 5.25. The maximum atomic E-state index is 12.8. The molecule has 0 aliphatic carbocycles. The highest BCUT2D eigenvalue weighted by atomic mass is 32.2. The van der Waals surface area contributed by atoms with Gasteiger partial charge in [-0.25, -0.2) is 8.42 Å². The number of rotatable bonds is 3. The van der Waals surface area contributed by atoms with Crippen molar-refractivity contribution in [2.45, 2.75) is 44.4 Å². The summed E-state index contributed by atoms with van der Waals surface area (Å²) in [7, 11) is -3.47. The fraction of sp³-hybridized carbons (Fsp3) is 0.600. The van der Waals surface area contributed by atoms with Crippen LogP contribution >= 0.6 is 0 Å². The predicted octanol–water partition coefficient (Wildman–Crippen LogP) is 2.78. The summed E-state index contributed by atoms with van der Waals surface area (Å²) in [5.74, 6) is 0.643. The second-order valence-electron chi connectivity index (χ2n) is 5.60. The van der Waals surface area contributed by atoms with Crippen LogP contribution in [0.25, 0.3) is 0 Å². The van der Waals surface area contributed by atoms with Crippen LogP contribution in [0, 0.1) is 12.8 Å². The molecule has 1 aromatic rings. The Morgan fingerprint density at radius 1 is 1.30 bits per heavy atom. The Labute approximate surface area is 122 Å². The molecule has 1 unspecified atom stereocenters. The summed E-state index contributed by atoms with van der Waals surface area (Å²) in [5, 5.41) is 0. The number of nitrogen functional groups attached to an aromatic ring is 1. The fourth-order valence-corrected chi connectivity index (χ4v) is 4.76. The van der Waals surface area contributed by atoms with Gasteiger partial charge in [-0.15, -0.1) is 0 Å². The molecule has 1 saturated heterocycles. The summed E-state index contributed by atoms with van der Waals surface area (Å²) >= 11 is 0. The molecule has 5 heteroatoms. The van der Waals surface area contributed by atoms with E-state index in [-0.39, 0.29) is 4.90 Å². The third-order valence-corrected chi connectivity index (χ3v) is 6.34. The molecule has 1 aliphatic heterocycles. The molecule has 0 radical (unpaired) electrons. The maximum Gasteiger partial charge on any atom is 0.245 e. The van der Waals surface area contributed by atoms with Crippen LogP contribution in [0.2, 0.25) is 0 Å². The molecule has 0 spiro atoms. The van der Waals surface area contributed by atoms with Crippen LogP contribution in [0.1, 0.15) is 38.2 Å². The van der Waals surface area contributed by atoms with E-state index in [1.165, 1.54) is 0 Å². The lowest BCUT2D eigenvalue weighted by Gasteiger charge is -2.22. The zero-order chi connectivity index (χ0) is 14.8. The average Bonchev–Trinajstić information content (AvgIpc) is 2.63. The van der Waals surface area contributed by atoms with Gasteiger partial charge in [0.2, 0.25) is 10.0 Å². The lowest BCUT2D eigenvalue weighted by molar-refractivity contribution is 0.407. The highest BCUT2D eigenvalue weighted by Crippen LogP contribution is 2.29. The minimum Gasteiger partial charge on any atom is -0.398 e. The minimum atomic E-state index is -3.47. The van der Waals surface area contributed by atoms with Crippen LogP contribution in [0.5, 0.6) is 0 Å². The Morgan fingerprint density at radius 3 is 2.70 bits per heavy atom. The fourth-order valence-electron chi connectivity index (χ4n) is 2.94. The van der Waals surface area contributed by atoms with E-state index in [9.17, 15) is 8.42 Å². The summed E-state index contributed by atoms with van der Waals surface area (Å²) in [6.07, 6.45) is 4.12. The molecule has 0 amide bonds. The highest BCUT2D eigenvalue weighted by Gasteiger charge is 2.29. The van der Waals surface area contributed by atoms with Gasteiger partial charge >= 0.3 is 0 Å².